The molecule has 0 aliphatic heterocycles. The van der Waals surface area contributed by atoms with E-state index in [0.29, 0.717) is 0 Å². The van der Waals surface area contributed by atoms with Crippen LogP contribution >= 0.6 is 0 Å². The van der Waals surface area contributed by atoms with Gasteiger partial charge < -0.3 is 5.73 Å². The Hall–Kier alpha value is -2.61. The van der Waals surface area contributed by atoms with E-state index in [1.165, 1.54) is 0 Å². The lowest BCUT2D eigenvalue weighted by molar-refractivity contribution is 1.37. The Morgan fingerprint density at radius 3 is 2.63 bits per heavy atom. The van der Waals surface area contributed by atoms with Crippen molar-refractivity contribution in [3.8, 4) is 0 Å². The Kier molecular flexibility index (Phi) is 2.99. The zero-order valence-electron chi connectivity index (χ0n) is 10.5. The van der Waals surface area contributed by atoms with Crippen molar-refractivity contribution >= 4 is 28.7 Å². The van der Waals surface area contributed by atoms with Gasteiger partial charge in [0.05, 0.1) is 11.2 Å². The van der Waals surface area contributed by atoms with Crippen LogP contribution < -0.4 is 5.73 Å². The predicted octanol–water partition coefficient (Wildman–Crippen LogP) is 3.99. The number of nitrogens with two attached hydrogens (primary N) is 1. The molecule has 0 amide bonds. The number of hydrogen-bond donors (Lipinski definition) is 1. The van der Waals surface area contributed by atoms with Gasteiger partial charge >= 0.3 is 0 Å². The largest absolute Gasteiger partial charge is 0.399 e. The number of pyridine rings is 1. The van der Waals surface area contributed by atoms with Crippen molar-refractivity contribution in [2.75, 3.05) is 5.73 Å². The molecule has 0 bridgehead atoms. The van der Waals surface area contributed by atoms with E-state index in [4.69, 9.17) is 5.73 Å². The van der Waals surface area contributed by atoms with Crippen LogP contribution in [0.5, 0.6) is 0 Å². The second-order valence-electron chi connectivity index (χ2n) is 4.43. The van der Waals surface area contributed by atoms with Gasteiger partial charge in [-0.15, -0.1) is 0 Å². The second-order valence-corrected chi connectivity index (χ2v) is 4.43. The van der Waals surface area contributed by atoms with Gasteiger partial charge in [0, 0.05) is 11.1 Å². The molecule has 2 nitrogen and oxygen atoms in total. The maximum Gasteiger partial charge on any atom is 0.0709 e. The lowest BCUT2D eigenvalue weighted by Gasteiger charge is -1.99. The third-order valence-corrected chi connectivity index (χ3v) is 2.98. The molecule has 2 aromatic carbocycles. The van der Waals surface area contributed by atoms with E-state index in [1.807, 2.05) is 60.7 Å². The van der Waals surface area contributed by atoms with Crippen molar-refractivity contribution in [3.63, 3.8) is 0 Å². The molecule has 19 heavy (non-hydrogen) atoms. The number of nitrogens with zero attached hydrogens (tertiary/aromatic N) is 1. The Bertz CT molecular complexity index is 745. The lowest BCUT2D eigenvalue weighted by atomic mass is 10.1. The molecule has 2 N–H and O–H groups in total. The summed E-state index contributed by atoms with van der Waals surface area (Å²) in [4.78, 5) is 4.59. The zero-order chi connectivity index (χ0) is 13.1. The van der Waals surface area contributed by atoms with E-state index >= 15 is 0 Å². The molecular formula is C17H14N2. The maximum absolute atomic E-state index is 5.75. The van der Waals surface area contributed by atoms with Crippen LogP contribution in [0.4, 0.5) is 5.69 Å². The molecule has 0 aliphatic rings. The van der Waals surface area contributed by atoms with Gasteiger partial charge in [0.25, 0.3) is 0 Å². The zero-order valence-corrected chi connectivity index (χ0v) is 10.5. The minimum Gasteiger partial charge on any atom is -0.399 e. The summed E-state index contributed by atoms with van der Waals surface area (Å²) >= 11 is 0. The number of nitrogen functional groups attached to an aromatic ring is 1. The summed E-state index contributed by atoms with van der Waals surface area (Å²) in [6.07, 6.45) is 4.02. The van der Waals surface area contributed by atoms with Crippen LogP contribution in [0.25, 0.3) is 23.1 Å². The Morgan fingerprint density at radius 1 is 0.842 bits per heavy atom. The lowest BCUT2D eigenvalue weighted by Crippen LogP contribution is -1.84. The first-order valence-electron chi connectivity index (χ1n) is 6.21. The first-order valence-corrected chi connectivity index (χ1v) is 6.21. The highest BCUT2D eigenvalue weighted by Gasteiger charge is 1.94. The van der Waals surface area contributed by atoms with Gasteiger partial charge in [-0.05, 0) is 35.9 Å². The van der Waals surface area contributed by atoms with Gasteiger partial charge in [-0.2, -0.15) is 0 Å². The molecule has 1 heterocycles. The highest BCUT2D eigenvalue weighted by Crippen LogP contribution is 2.14. The van der Waals surface area contributed by atoms with Crippen LogP contribution in [0, 0.1) is 0 Å². The molecule has 92 valence electrons. The third kappa shape index (κ3) is 2.63. The average Bonchev–Trinajstić information content (AvgIpc) is 2.45. The molecule has 0 aliphatic carbocycles. The summed E-state index contributed by atoms with van der Waals surface area (Å²) in [5.74, 6) is 0. The Morgan fingerprint density at radius 2 is 1.74 bits per heavy atom. The number of rotatable bonds is 2. The second kappa shape index (κ2) is 4.94. The van der Waals surface area contributed by atoms with Gasteiger partial charge in [-0.3, -0.25) is 0 Å². The summed E-state index contributed by atoms with van der Waals surface area (Å²) in [6.45, 7) is 0. The van der Waals surface area contributed by atoms with Gasteiger partial charge in [-0.25, -0.2) is 4.98 Å². The summed E-state index contributed by atoms with van der Waals surface area (Å²) in [7, 11) is 0. The predicted molar refractivity (Wildman–Crippen MR) is 81.5 cm³/mol. The number of aromatic nitrogens is 1. The smallest absolute Gasteiger partial charge is 0.0709 e. The molecule has 2 heteroatoms. The van der Waals surface area contributed by atoms with E-state index in [-0.39, 0.29) is 0 Å². The highest BCUT2D eigenvalue weighted by atomic mass is 14.7. The van der Waals surface area contributed by atoms with Crippen molar-refractivity contribution in [1.29, 1.82) is 0 Å². The van der Waals surface area contributed by atoms with Gasteiger partial charge in [0.15, 0.2) is 0 Å². The van der Waals surface area contributed by atoms with Crippen LogP contribution in [-0.2, 0) is 0 Å². The standard InChI is InChI=1S/C17H14N2/c18-15-6-3-4-13(12-15)8-10-16-11-9-14-5-1-2-7-17(14)19-16/h1-12H,18H2/b10-8-. The topological polar surface area (TPSA) is 38.9 Å². The van der Waals surface area contributed by atoms with Crippen molar-refractivity contribution in [2.45, 2.75) is 0 Å². The summed E-state index contributed by atoms with van der Waals surface area (Å²) in [6, 6.07) is 20.0. The summed E-state index contributed by atoms with van der Waals surface area (Å²) in [5.41, 5.74) is 9.56. The maximum atomic E-state index is 5.75. The number of hydrogen-bond acceptors (Lipinski definition) is 2. The van der Waals surface area contributed by atoms with Crippen molar-refractivity contribution < 1.29 is 0 Å². The number of para-hydroxylation sites is 1. The normalized spacial score (nSPS) is 11.2. The minimum atomic E-state index is 0.772. The average molecular weight is 246 g/mol. The monoisotopic (exact) mass is 246 g/mol. The quantitative estimate of drug-likeness (QED) is 0.694. The fourth-order valence-corrected chi connectivity index (χ4v) is 2.02. The van der Waals surface area contributed by atoms with E-state index in [0.717, 1.165) is 27.8 Å². The van der Waals surface area contributed by atoms with Crippen LogP contribution in [0.3, 0.4) is 0 Å². The SMILES string of the molecule is Nc1cccc(/C=C\c2ccc3ccccc3n2)c1. The van der Waals surface area contributed by atoms with E-state index in [9.17, 15) is 0 Å². The molecule has 3 aromatic rings. The summed E-state index contributed by atoms with van der Waals surface area (Å²) in [5, 5.41) is 1.16. The minimum absolute atomic E-state index is 0.772. The first-order chi connectivity index (χ1) is 9.31. The highest BCUT2D eigenvalue weighted by molar-refractivity contribution is 5.80. The van der Waals surface area contributed by atoms with Crippen LogP contribution in [0.15, 0.2) is 60.7 Å². The van der Waals surface area contributed by atoms with E-state index < -0.39 is 0 Å². The number of benzene rings is 2. The number of fused-ring (bicyclic) bond motifs is 1. The van der Waals surface area contributed by atoms with Gasteiger partial charge in [-0.1, -0.05) is 42.5 Å². The van der Waals surface area contributed by atoms with Crippen molar-refractivity contribution in [1.82, 2.24) is 4.98 Å². The molecule has 0 saturated carbocycles. The van der Waals surface area contributed by atoms with Gasteiger partial charge in [0.1, 0.15) is 0 Å². The molecule has 1 aromatic heterocycles. The van der Waals surface area contributed by atoms with E-state index in [2.05, 4.69) is 17.1 Å². The summed E-state index contributed by atoms with van der Waals surface area (Å²) < 4.78 is 0. The molecular weight excluding hydrogens is 232 g/mol. The Labute approximate surface area is 112 Å². The molecule has 3 rings (SSSR count). The third-order valence-electron chi connectivity index (χ3n) is 2.98. The van der Waals surface area contributed by atoms with Crippen molar-refractivity contribution in [2.24, 2.45) is 0 Å². The van der Waals surface area contributed by atoms with Crippen LogP contribution in [0.2, 0.25) is 0 Å². The molecule has 0 spiro atoms. The van der Waals surface area contributed by atoms with Crippen LogP contribution in [-0.4, -0.2) is 4.98 Å². The van der Waals surface area contributed by atoms with Crippen molar-refractivity contribution in [3.05, 3.63) is 71.9 Å². The fourth-order valence-electron chi connectivity index (χ4n) is 2.02. The van der Waals surface area contributed by atoms with Gasteiger partial charge in [0.2, 0.25) is 0 Å². The molecule has 0 radical (unpaired) electrons. The molecule has 0 fully saturated rings. The molecule has 0 unspecified atom stereocenters. The molecule has 0 saturated heterocycles. The fraction of sp³-hybridized carbons (Fsp3) is 0. The first kappa shape index (κ1) is 11.5. The Balaban J connectivity index is 1.92. The molecule has 0 atom stereocenters. The number of anilines is 1. The van der Waals surface area contributed by atoms with E-state index in [1.54, 1.807) is 0 Å². The van der Waals surface area contributed by atoms with Crippen LogP contribution in [0.1, 0.15) is 11.3 Å².